The molecule has 2 aromatic heterocycles. The zero-order chi connectivity index (χ0) is 21.5. The van der Waals surface area contributed by atoms with Gasteiger partial charge in [-0.1, -0.05) is 6.07 Å². The van der Waals surface area contributed by atoms with Gasteiger partial charge < -0.3 is 15.7 Å². The maximum atomic E-state index is 15.0. The molecule has 0 amide bonds. The molecule has 0 unspecified atom stereocenters. The highest BCUT2D eigenvalue weighted by atomic mass is 35.5. The van der Waals surface area contributed by atoms with Crippen LogP contribution in [-0.2, 0) is 0 Å². The van der Waals surface area contributed by atoms with Crippen molar-refractivity contribution in [3.63, 3.8) is 0 Å². The lowest BCUT2D eigenvalue weighted by Gasteiger charge is -2.48. The molecule has 4 N–H and O–H groups in total. The Kier molecular flexibility index (Phi) is 7.70. The standard InChI is InChI=1S/C21H26FN7O.2ClH/c1-20(2)8-15(18(22)21(3,4)29-20)26-19-23-11-16(27-28-19)14-6-5-12(7-17(14)30)13-9-24-25-10-13;;/h5-7,9-11,15,18,29-30H,8H2,1-4H3,(H,24,25)(H,23,26,28);2*1H/t15-,18-;;/m0../s1. The SMILES string of the molecule is CC1(C)C[C@H](Nc2ncc(-c3ccc(-c4cn[nH]c4)cc3O)nn2)[C@H](F)C(C)(C)N1.Cl.Cl. The fourth-order valence-corrected chi connectivity index (χ4v) is 4.24. The quantitative estimate of drug-likeness (QED) is 0.440. The van der Waals surface area contributed by atoms with Crippen LogP contribution in [0.5, 0.6) is 5.75 Å². The highest BCUT2D eigenvalue weighted by Crippen LogP contribution is 2.34. The lowest BCUT2D eigenvalue weighted by molar-refractivity contribution is 0.0654. The van der Waals surface area contributed by atoms with E-state index in [-0.39, 0.29) is 42.1 Å². The van der Waals surface area contributed by atoms with E-state index >= 15 is 0 Å². The number of rotatable bonds is 4. The number of piperidine rings is 1. The molecule has 4 rings (SSSR count). The summed E-state index contributed by atoms with van der Waals surface area (Å²) in [6.07, 6.45) is 4.41. The molecule has 8 nitrogen and oxygen atoms in total. The van der Waals surface area contributed by atoms with E-state index in [4.69, 9.17) is 0 Å². The molecule has 3 aromatic rings. The maximum Gasteiger partial charge on any atom is 0.243 e. The second-order valence-corrected chi connectivity index (χ2v) is 8.97. The Hall–Kier alpha value is -2.49. The molecule has 1 aromatic carbocycles. The molecule has 32 heavy (non-hydrogen) atoms. The summed E-state index contributed by atoms with van der Waals surface area (Å²) < 4.78 is 15.0. The first kappa shape index (κ1) is 25.8. The van der Waals surface area contributed by atoms with Crippen LogP contribution in [0.2, 0.25) is 0 Å². The number of nitrogens with zero attached hydrogens (tertiary/aromatic N) is 4. The third kappa shape index (κ3) is 5.28. The van der Waals surface area contributed by atoms with Gasteiger partial charge in [-0.2, -0.15) is 5.10 Å². The van der Waals surface area contributed by atoms with Gasteiger partial charge in [-0.05, 0) is 51.8 Å². The van der Waals surface area contributed by atoms with Gasteiger partial charge in [-0.25, -0.2) is 9.37 Å². The molecule has 2 atom stereocenters. The molecule has 1 saturated heterocycles. The number of anilines is 1. The minimum atomic E-state index is -1.12. The Morgan fingerprint density at radius 2 is 1.84 bits per heavy atom. The molecule has 1 fully saturated rings. The molecular formula is C21H28Cl2FN7O. The number of hydrogen-bond donors (Lipinski definition) is 4. The van der Waals surface area contributed by atoms with Gasteiger partial charge >= 0.3 is 0 Å². The van der Waals surface area contributed by atoms with Gasteiger partial charge in [0.1, 0.15) is 17.6 Å². The van der Waals surface area contributed by atoms with Crippen LogP contribution in [0.4, 0.5) is 10.3 Å². The minimum Gasteiger partial charge on any atom is -0.507 e. The predicted molar refractivity (Wildman–Crippen MR) is 127 cm³/mol. The Balaban J connectivity index is 0.00000181. The number of halogens is 3. The van der Waals surface area contributed by atoms with Crippen molar-refractivity contribution in [3.8, 4) is 28.1 Å². The number of H-pyrrole nitrogens is 1. The third-order valence-corrected chi connectivity index (χ3v) is 5.41. The van der Waals surface area contributed by atoms with Crippen molar-refractivity contribution in [2.75, 3.05) is 5.32 Å². The lowest BCUT2D eigenvalue weighted by Crippen LogP contribution is -2.67. The summed E-state index contributed by atoms with van der Waals surface area (Å²) >= 11 is 0. The van der Waals surface area contributed by atoms with Crippen LogP contribution < -0.4 is 10.6 Å². The van der Waals surface area contributed by atoms with Gasteiger partial charge in [0, 0.05) is 28.4 Å². The molecular weight excluding hydrogens is 456 g/mol. The summed E-state index contributed by atoms with van der Waals surface area (Å²) in [7, 11) is 0. The Labute approximate surface area is 198 Å². The van der Waals surface area contributed by atoms with Gasteiger partial charge in [0.15, 0.2) is 0 Å². The average molecular weight is 484 g/mol. The lowest BCUT2D eigenvalue weighted by atomic mass is 9.78. The third-order valence-electron chi connectivity index (χ3n) is 5.41. The van der Waals surface area contributed by atoms with Crippen molar-refractivity contribution in [1.82, 2.24) is 30.7 Å². The number of aromatic hydroxyl groups is 1. The van der Waals surface area contributed by atoms with Crippen LogP contribution in [0.1, 0.15) is 34.1 Å². The van der Waals surface area contributed by atoms with Gasteiger partial charge in [0.05, 0.1) is 18.4 Å². The fourth-order valence-electron chi connectivity index (χ4n) is 4.24. The van der Waals surface area contributed by atoms with E-state index in [2.05, 4.69) is 36.0 Å². The first-order chi connectivity index (χ1) is 14.1. The Morgan fingerprint density at radius 1 is 1.09 bits per heavy atom. The summed E-state index contributed by atoms with van der Waals surface area (Å²) in [6.45, 7) is 7.80. The summed E-state index contributed by atoms with van der Waals surface area (Å²) in [5.41, 5.74) is 1.75. The topological polar surface area (TPSA) is 112 Å². The number of aromatic nitrogens is 5. The van der Waals surface area contributed by atoms with Crippen molar-refractivity contribution < 1.29 is 9.50 Å². The van der Waals surface area contributed by atoms with E-state index < -0.39 is 17.8 Å². The van der Waals surface area contributed by atoms with E-state index in [0.29, 0.717) is 17.7 Å². The zero-order valence-corrected chi connectivity index (χ0v) is 19.9. The summed E-state index contributed by atoms with van der Waals surface area (Å²) in [4.78, 5) is 4.29. The molecule has 1 aliphatic rings. The van der Waals surface area contributed by atoms with Crippen LogP contribution in [0.15, 0.2) is 36.8 Å². The van der Waals surface area contributed by atoms with Crippen LogP contribution in [0.25, 0.3) is 22.4 Å². The van der Waals surface area contributed by atoms with Crippen molar-refractivity contribution in [2.24, 2.45) is 0 Å². The molecule has 174 valence electrons. The molecule has 3 heterocycles. The van der Waals surface area contributed by atoms with E-state index in [1.807, 2.05) is 33.8 Å². The van der Waals surface area contributed by atoms with Gasteiger partial charge in [-0.3, -0.25) is 5.10 Å². The van der Waals surface area contributed by atoms with E-state index in [1.165, 1.54) is 6.20 Å². The molecule has 0 radical (unpaired) electrons. The monoisotopic (exact) mass is 483 g/mol. The number of hydrogen-bond acceptors (Lipinski definition) is 7. The Morgan fingerprint density at radius 3 is 2.44 bits per heavy atom. The molecule has 11 heteroatoms. The summed E-state index contributed by atoms with van der Waals surface area (Å²) in [5.74, 6) is 0.325. The first-order valence-electron chi connectivity index (χ1n) is 9.87. The van der Waals surface area contributed by atoms with Crippen LogP contribution in [0.3, 0.4) is 0 Å². The van der Waals surface area contributed by atoms with E-state index in [1.54, 1.807) is 24.5 Å². The summed E-state index contributed by atoms with van der Waals surface area (Å²) in [6, 6.07) is 4.82. The van der Waals surface area contributed by atoms with E-state index in [9.17, 15) is 9.50 Å². The van der Waals surface area contributed by atoms with Crippen molar-refractivity contribution in [2.45, 2.75) is 57.4 Å². The number of alkyl halides is 1. The van der Waals surface area contributed by atoms with Crippen molar-refractivity contribution >= 4 is 30.8 Å². The number of benzene rings is 1. The zero-order valence-electron chi connectivity index (χ0n) is 18.3. The van der Waals surface area contributed by atoms with Crippen molar-refractivity contribution in [3.05, 3.63) is 36.8 Å². The van der Waals surface area contributed by atoms with Crippen molar-refractivity contribution in [1.29, 1.82) is 0 Å². The van der Waals surface area contributed by atoms with Crippen LogP contribution in [-0.4, -0.2) is 53.8 Å². The van der Waals surface area contributed by atoms with Crippen LogP contribution >= 0.6 is 24.8 Å². The van der Waals surface area contributed by atoms with Gasteiger partial charge in [0.2, 0.25) is 5.95 Å². The Bertz CT molecular complexity index is 1030. The van der Waals surface area contributed by atoms with Gasteiger partial charge in [0.25, 0.3) is 0 Å². The minimum absolute atomic E-state index is 0. The predicted octanol–water partition coefficient (Wildman–Crippen LogP) is 4.15. The normalized spacial score (nSPS) is 21.2. The fraction of sp³-hybridized carbons (Fsp3) is 0.429. The molecule has 0 bridgehead atoms. The maximum absolute atomic E-state index is 15.0. The number of phenolic OH excluding ortho intramolecular Hbond substituents is 1. The molecule has 1 aliphatic heterocycles. The molecule has 0 saturated carbocycles. The second-order valence-electron chi connectivity index (χ2n) is 8.97. The van der Waals surface area contributed by atoms with E-state index in [0.717, 1.165) is 11.1 Å². The number of aromatic amines is 1. The highest BCUT2D eigenvalue weighted by molar-refractivity contribution is 5.85. The summed E-state index contributed by atoms with van der Waals surface area (Å²) in [5, 5.41) is 31.8. The highest BCUT2D eigenvalue weighted by Gasteiger charge is 2.46. The first-order valence-corrected chi connectivity index (χ1v) is 9.87. The molecule has 0 aliphatic carbocycles. The van der Waals surface area contributed by atoms with Gasteiger partial charge in [-0.15, -0.1) is 35.0 Å². The second kappa shape index (κ2) is 9.56. The number of phenols is 1. The largest absolute Gasteiger partial charge is 0.507 e. The van der Waals surface area contributed by atoms with Crippen LogP contribution in [0, 0.1) is 0 Å². The molecule has 0 spiro atoms. The smallest absolute Gasteiger partial charge is 0.243 e. The number of nitrogens with one attached hydrogen (secondary N) is 3. The average Bonchev–Trinajstić information content (AvgIpc) is 3.20.